The Morgan fingerprint density at radius 3 is 0.583 bits per heavy atom. The summed E-state index contributed by atoms with van der Waals surface area (Å²) in [5.41, 5.74) is 0. The van der Waals surface area contributed by atoms with E-state index in [1.807, 2.05) is 0 Å². The van der Waals surface area contributed by atoms with E-state index in [1.54, 1.807) is 0 Å². The standard InChI is InChI=1S/C23H46S/c1-2-4-6-8-10-12-14-16-18-20-22-24-23-21-19-17-15-13-11-9-7-5-3-1/h1-23H2. The molecule has 0 radical (unpaired) electrons. The van der Waals surface area contributed by atoms with Gasteiger partial charge in [0.1, 0.15) is 0 Å². The number of hydrogen-bond donors (Lipinski definition) is 0. The van der Waals surface area contributed by atoms with Crippen molar-refractivity contribution in [3.8, 4) is 0 Å². The van der Waals surface area contributed by atoms with E-state index >= 15 is 0 Å². The molecule has 0 amide bonds. The second-order valence-corrected chi connectivity index (χ2v) is 9.26. The Bertz CT molecular complexity index is 116. The minimum Gasteiger partial charge on any atom is -0.162 e. The maximum Gasteiger partial charge on any atom is -0.00675 e. The van der Waals surface area contributed by atoms with E-state index in [0.717, 1.165) is 0 Å². The van der Waals surface area contributed by atoms with Gasteiger partial charge in [0, 0.05) is 0 Å². The second-order valence-electron chi connectivity index (χ2n) is 8.04. The van der Waals surface area contributed by atoms with Crippen molar-refractivity contribution < 1.29 is 0 Å². The fraction of sp³-hybridized carbons (Fsp3) is 1.00. The quantitative estimate of drug-likeness (QED) is 0.418. The molecule has 0 saturated carbocycles. The van der Waals surface area contributed by atoms with Crippen LogP contribution in [0.5, 0.6) is 0 Å². The molecule has 1 aliphatic heterocycles. The Labute approximate surface area is 158 Å². The number of thioether (sulfide) groups is 1. The van der Waals surface area contributed by atoms with E-state index in [-0.39, 0.29) is 0 Å². The molecule has 0 aliphatic carbocycles. The van der Waals surface area contributed by atoms with Crippen molar-refractivity contribution in [3.05, 3.63) is 0 Å². The molecule has 1 heterocycles. The molecule has 1 saturated heterocycles. The molecular formula is C23H46S. The average Bonchev–Trinajstić information content (AvgIpc) is 2.59. The maximum atomic E-state index is 2.21. The van der Waals surface area contributed by atoms with Crippen molar-refractivity contribution in [1.29, 1.82) is 0 Å². The largest absolute Gasteiger partial charge is 0.162 e. The molecule has 0 nitrogen and oxygen atoms in total. The lowest BCUT2D eigenvalue weighted by molar-refractivity contribution is 0.521. The third-order valence-corrected chi connectivity index (χ3v) is 6.73. The minimum atomic E-state index is 1.42. The van der Waals surface area contributed by atoms with Crippen LogP contribution in [0.1, 0.15) is 135 Å². The lowest BCUT2D eigenvalue weighted by Crippen LogP contribution is -1.87. The number of hydrogen-bond acceptors (Lipinski definition) is 1. The van der Waals surface area contributed by atoms with Crippen LogP contribution in [0.2, 0.25) is 0 Å². The highest BCUT2D eigenvalue weighted by atomic mass is 32.2. The summed E-state index contributed by atoms with van der Waals surface area (Å²) in [4.78, 5) is 0. The topological polar surface area (TPSA) is 0 Å². The summed E-state index contributed by atoms with van der Waals surface area (Å²) in [5, 5.41) is 0. The molecule has 0 aromatic carbocycles. The van der Waals surface area contributed by atoms with Crippen LogP contribution in [0.15, 0.2) is 0 Å². The lowest BCUT2D eigenvalue weighted by atomic mass is 10.0. The molecule has 0 aromatic heterocycles. The van der Waals surface area contributed by atoms with Crippen molar-refractivity contribution in [1.82, 2.24) is 0 Å². The molecule has 0 spiro atoms. The maximum absolute atomic E-state index is 2.21. The Hall–Kier alpha value is 0.350. The first-order chi connectivity index (χ1) is 12.0. The zero-order valence-electron chi connectivity index (χ0n) is 16.7. The molecule has 0 aromatic rings. The highest BCUT2D eigenvalue weighted by molar-refractivity contribution is 7.99. The van der Waals surface area contributed by atoms with E-state index < -0.39 is 0 Å². The molecule has 1 aliphatic rings. The van der Waals surface area contributed by atoms with Crippen LogP contribution >= 0.6 is 11.8 Å². The molecular weight excluding hydrogens is 308 g/mol. The molecule has 0 unspecified atom stereocenters. The summed E-state index contributed by atoms with van der Waals surface area (Å²) in [7, 11) is 0. The Kier molecular flexibility index (Phi) is 18.4. The summed E-state index contributed by atoms with van der Waals surface area (Å²) >= 11 is 2.21. The molecule has 0 bridgehead atoms. The van der Waals surface area contributed by atoms with Crippen LogP contribution in [0.25, 0.3) is 0 Å². The van der Waals surface area contributed by atoms with Crippen LogP contribution in [0.3, 0.4) is 0 Å². The predicted molar refractivity (Wildman–Crippen MR) is 114 cm³/mol. The van der Waals surface area contributed by atoms with E-state index in [4.69, 9.17) is 0 Å². The Balaban J connectivity index is 2.00. The van der Waals surface area contributed by atoms with Gasteiger partial charge >= 0.3 is 0 Å². The van der Waals surface area contributed by atoms with Crippen molar-refractivity contribution in [2.45, 2.75) is 135 Å². The molecule has 0 N–H and O–H groups in total. The summed E-state index contributed by atoms with van der Waals surface area (Å²) in [6, 6.07) is 0. The zero-order valence-corrected chi connectivity index (χ0v) is 17.5. The van der Waals surface area contributed by atoms with Crippen molar-refractivity contribution in [2.75, 3.05) is 11.5 Å². The molecule has 0 atom stereocenters. The van der Waals surface area contributed by atoms with Crippen LogP contribution in [0, 0.1) is 0 Å². The molecule has 24 heavy (non-hydrogen) atoms. The highest BCUT2D eigenvalue weighted by Crippen LogP contribution is 2.16. The first kappa shape index (κ1) is 22.4. The third-order valence-electron chi connectivity index (χ3n) is 5.58. The minimum absolute atomic E-state index is 1.42. The van der Waals surface area contributed by atoms with Gasteiger partial charge in [-0.15, -0.1) is 0 Å². The summed E-state index contributed by atoms with van der Waals surface area (Å²) in [6.45, 7) is 0. The highest BCUT2D eigenvalue weighted by Gasteiger charge is 1.97. The third kappa shape index (κ3) is 17.2. The van der Waals surface area contributed by atoms with Crippen molar-refractivity contribution in [2.24, 2.45) is 0 Å². The first-order valence-electron chi connectivity index (χ1n) is 11.6. The summed E-state index contributed by atoms with van der Waals surface area (Å²) in [6.07, 6.45) is 31.3. The van der Waals surface area contributed by atoms with Gasteiger partial charge in [-0.2, -0.15) is 11.8 Å². The molecule has 1 fully saturated rings. The normalized spacial score (nSPS) is 24.0. The molecule has 1 rings (SSSR count). The Morgan fingerprint density at radius 2 is 0.375 bits per heavy atom. The van der Waals surface area contributed by atoms with E-state index in [2.05, 4.69) is 11.8 Å². The van der Waals surface area contributed by atoms with Gasteiger partial charge in [-0.25, -0.2) is 0 Å². The monoisotopic (exact) mass is 354 g/mol. The smallest absolute Gasteiger partial charge is 0.00675 e. The van der Waals surface area contributed by atoms with Crippen LogP contribution in [0.4, 0.5) is 0 Å². The average molecular weight is 355 g/mol. The Morgan fingerprint density at radius 1 is 0.208 bits per heavy atom. The summed E-state index contributed by atoms with van der Waals surface area (Å²) in [5.74, 6) is 2.83. The van der Waals surface area contributed by atoms with Gasteiger partial charge in [0.15, 0.2) is 0 Å². The van der Waals surface area contributed by atoms with Gasteiger partial charge in [-0.05, 0) is 24.3 Å². The van der Waals surface area contributed by atoms with Crippen molar-refractivity contribution in [3.63, 3.8) is 0 Å². The van der Waals surface area contributed by atoms with Crippen LogP contribution < -0.4 is 0 Å². The van der Waals surface area contributed by atoms with E-state index in [1.165, 1.54) is 146 Å². The van der Waals surface area contributed by atoms with Gasteiger partial charge in [0.05, 0.1) is 0 Å². The molecule has 1 heteroatoms. The van der Waals surface area contributed by atoms with E-state index in [0.29, 0.717) is 0 Å². The number of rotatable bonds is 0. The fourth-order valence-corrected chi connectivity index (χ4v) is 4.89. The second kappa shape index (κ2) is 19.7. The zero-order chi connectivity index (χ0) is 17.0. The van der Waals surface area contributed by atoms with Crippen LogP contribution in [-0.4, -0.2) is 11.5 Å². The van der Waals surface area contributed by atoms with Gasteiger partial charge in [0.25, 0.3) is 0 Å². The predicted octanol–water partition coefficient (Wildman–Crippen LogP) is 8.93. The summed E-state index contributed by atoms with van der Waals surface area (Å²) < 4.78 is 0. The van der Waals surface area contributed by atoms with Crippen LogP contribution in [-0.2, 0) is 0 Å². The van der Waals surface area contributed by atoms with Gasteiger partial charge < -0.3 is 0 Å². The van der Waals surface area contributed by atoms with Gasteiger partial charge in [-0.1, -0.05) is 122 Å². The first-order valence-corrected chi connectivity index (χ1v) is 12.7. The SMILES string of the molecule is C1CCCCCCCCCCCSCCCCCCCCCCC1. The fourth-order valence-electron chi connectivity index (χ4n) is 3.87. The van der Waals surface area contributed by atoms with Gasteiger partial charge in [-0.3, -0.25) is 0 Å². The van der Waals surface area contributed by atoms with Crippen molar-refractivity contribution >= 4 is 11.8 Å². The van der Waals surface area contributed by atoms with E-state index in [9.17, 15) is 0 Å². The lowest BCUT2D eigenvalue weighted by Gasteiger charge is -2.05. The molecule has 144 valence electrons. The van der Waals surface area contributed by atoms with Gasteiger partial charge in [0.2, 0.25) is 0 Å².